The maximum absolute atomic E-state index is 6.99. The molecule has 8 atom stereocenters. The van der Waals surface area contributed by atoms with Crippen LogP contribution in [0.15, 0.2) is 24.4 Å². The van der Waals surface area contributed by atoms with Crippen LogP contribution in [0.2, 0.25) is 0 Å². The van der Waals surface area contributed by atoms with Crippen molar-refractivity contribution in [3.05, 3.63) is 35.8 Å². The van der Waals surface area contributed by atoms with Gasteiger partial charge in [-0.25, -0.2) is 9.97 Å². The summed E-state index contributed by atoms with van der Waals surface area (Å²) in [7, 11) is 0. The van der Waals surface area contributed by atoms with Gasteiger partial charge < -0.3 is 5.73 Å². The number of aromatic nitrogens is 2. The molecule has 196 valence electrons. The van der Waals surface area contributed by atoms with Gasteiger partial charge in [-0.3, -0.25) is 0 Å². The lowest BCUT2D eigenvalue weighted by molar-refractivity contribution is -0.00457. The number of nitrogens with two attached hydrogens (primary N) is 1. The molecule has 5 saturated carbocycles. The van der Waals surface area contributed by atoms with Gasteiger partial charge in [-0.2, -0.15) is 0 Å². The van der Waals surface area contributed by atoms with Crippen LogP contribution in [-0.2, 0) is 6.42 Å². The van der Waals surface area contributed by atoms with Crippen LogP contribution in [0.3, 0.4) is 0 Å². The highest BCUT2D eigenvalue weighted by Crippen LogP contribution is 2.92. The minimum Gasteiger partial charge on any atom is -0.327 e. The normalized spacial score (nSPS) is 40.9. The molecule has 0 saturated heterocycles. The highest BCUT2D eigenvalue weighted by atomic mass is 14.9. The van der Waals surface area contributed by atoms with Gasteiger partial charge in [-0.1, -0.05) is 38.8 Å². The highest BCUT2D eigenvalue weighted by molar-refractivity contribution is 5.78. The second-order valence-electron chi connectivity index (χ2n) is 13.1. The van der Waals surface area contributed by atoms with Crippen molar-refractivity contribution < 1.29 is 0 Å². The Balaban J connectivity index is 0.00000117. The van der Waals surface area contributed by atoms with Crippen molar-refractivity contribution in [3.8, 4) is 0 Å². The SMILES string of the molecule is CC.Cc1ccc2cnc(CCCC3CCC4C3(C(C)N)CCC3C56CCCCC5CCC436)nc2c1. The van der Waals surface area contributed by atoms with Crippen molar-refractivity contribution in [1.29, 1.82) is 0 Å². The van der Waals surface area contributed by atoms with Crippen LogP contribution < -0.4 is 5.73 Å². The molecule has 7 rings (SSSR count). The van der Waals surface area contributed by atoms with Crippen molar-refractivity contribution in [3.63, 3.8) is 0 Å². The molecule has 0 aliphatic heterocycles. The number of nitrogens with zero attached hydrogens (tertiary/aromatic N) is 2. The Kier molecular flexibility index (Phi) is 6.26. The summed E-state index contributed by atoms with van der Waals surface area (Å²) in [6, 6.07) is 6.81. The van der Waals surface area contributed by atoms with Crippen LogP contribution in [0, 0.1) is 46.8 Å². The molecule has 5 aliphatic rings. The van der Waals surface area contributed by atoms with Gasteiger partial charge in [0.15, 0.2) is 0 Å². The quantitative estimate of drug-likeness (QED) is 0.464. The molecule has 3 nitrogen and oxygen atoms in total. The lowest BCUT2D eigenvalue weighted by Gasteiger charge is -2.50. The summed E-state index contributed by atoms with van der Waals surface area (Å²) >= 11 is 0. The Hall–Kier alpha value is -1.48. The summed E-state index contributed by atoms with van der Waals surface area (Å²) < 4.78 is 0. The number of fused-ring (bicyclic) bond motifs is 2. The van der Waals surface area contributed by atoms with Crippen molar-refractivity contribution in [2.45, 2.75) is 117 Å². The molecule has 3 heteroatoms. The first-order chi connectivity index (χ1) is 17.5. The Labute approximate surface area is 219 Å². The lowest BCUT2D eigenvalue weighted by Crippen LogP contribution is -2.51. The molecule has 1 aromatic heterocycles. The fourth-order valence-electron chi connectivity index (χ4n) is 11.4. The number of aryl methyl sites for hydroxylation is 2. The van der Waals surface area contributed by atoms with Crippen LogP contribution in [0.4, 0.5) is 0 Å². The minimum absolute atomic E-state index is 0.334. The molecule has 5 fully saturated rings. The zero-order valence-corrected chi connectivity index (χ0v) is 23.4. The van der Waals surface area contributed by atoms with Gasteiger partial charge in [-0.15, -0.1) is 0 Å². The zero-order valence-electron chi connectivity index (χ0n) is 23.4. The Bertz CT molecular complexity index is 1110. The minimum atomic E-state index is 0.334. The van der Waals surface area contributed by atoms with Gasteiger partial charge in [0.05, 0.1) is 5.52 Å². The fraction of sp³-hybridized carbons (Fsp3) is 0.758. The van der Waals surface area contributed by atoms with E-state index < -0.39 is 0 Å². The summed E-state index contributed by atoms with van der Waals surface area (Å²) in [5.74, 6) is 4.85. The summed E-state index contributed by atoms with van der Waals surface area (Å²) in [6.07, 6.45) is 20.5. The average Bonchev–Trinajstić information content (AvgIpc) is 3.15. The van der Waals surface area contributed by atoms with Crippen molar-refractivity contribution >= 4 is 10.9 Å². The predicted molar refractivity (Wildman–Crippen MR) is 150 cm³/mol. The second kappa shape index (κ2) is 9.07. The maximum Gasteiger partial charge on any atom is 0.128 e. The molecule has 36 heavy (non-hydrogen) atoms. The van der Waals surface area contributed by atoms with E-state index in [1.54, 1.807) is 12.8 Å². The first-order valence-electron chi connectivity index (χ1n) is 15.5. The fourth-order valence-corrected chi connectivity index (χ4v) is 11.4. The zero-order chi connectivity index (χ0) is 25.1. The average molecular weight is 488 g/mol. The van der Waals surface area contributed by atoms with E-state index in [1.807, 2.05) is 20.0 Å². The molecule has 1 aromatic carbocycles. The molecule has 0 radical (unpaired) electrons. The van der Waals surface area contributed by atoms with E-state index in [0.717, 1.165) is 52.2 Å². The summed E-state index contributed by atoms with van der Waals surface area (Å²) in [5.41, 5.74) is 11.2. The molecule has 5 aliphatic carbocycles. The third kappa shape index (κ3) is 3.20. The lowest BCUT2D eigenvalue weighted by atomic mass is 9.55. The topological polar surface area (TPSA) is 51.8 Å². The number of hydrogen-bond acceptors (Lipinski definition) is 3. The summed E-state index contributed by atoms with van der Waals surface area (Å²) in [4.78, 5) is 9.61. The predicted octanol–water partition coefficient (Wildman–Crippen LogP) is 8.03. The molecule has 2 aromatic rings. The first-order valence-corrected chi connectivity index (χ1v) is 15.5. The molecule has 0 bridgehead atoms. The van der Waals surface area contributed by atoms with E-state index in [9.17, 15) is 0 Å². The third-order valence-electron chi connectivity index (χ3n) is 12.3. The summed E-state index contributed by atoms with van der Waals surface area (Å²) in [6.45, 7) is 8.52. The second-order valence-corrected chi connectivity index (χ2v) is 13.1. The van der Waals surface area contributed by atoms with Crippen molar-refractivity contribution in [2.75, 3.05) is 0 Å². The van der Waals surface area contributed by atoms with Gasteiger partial charge in [0.25, 0.3) is 0 Å². The molecular formula is C33H49N3. The maximum atomic E-state index is 6.99. The van der Waals surface area contributed by atoms with Crippen molar-refractivity contribution in [1.82, 2.24) is 9.97 Å². The van der Waals surface area contributed by atoms with Crippen LogP contribution in [-0.4, -0.2) is 16.0 Å². The smallest absolute Gasteiger partial charge is 0.128 e. The third-order valence-corrected chi connectivity index (χ3v) is 12.3. The number of benzene rings is 1. The Morgan fingerprint density at radius 3 is 2.67 bits per heavy atom. The summed E-state index contributed by atoms with van der Waals surface area (Å²) in [5, 5.41) is 1.15. The molecule has 0 amide bonds. The molecule has 2 N–H and O–H groups in total. The van der Waals surface area contributed by atoms with Gasteiger partial charge in [0.2, 0.25) is 0 Å². The number of rotatable bonds is 5. The Morgan fingerprint density at radius 2 is 1.83 bits per heavy atom. The van der Waals surface area contributed by atoms with E-state index in [-0.39, 0.29) is 0 Å². The highest BCUT2D eigenvalue weighted by Gasteiger charge is 2.86. The molecule has 8 unspecified atom stereocenters. The van der Waals surface area contributed by atoms with Crippen LogP contribution in [0.1, 0.15) is 109 Å². The van der Waals surface area contributed by atoms with Gasteiger partial charge >= 0.3 is 0 Å². The van der Waals surface area contributed by atoms with Gasteiger partial charge in [0.1, 0.15) is 5.82 Å². The Morgan fingerprint density at radius 1 is 0.972 bits per heavy atom. The monoisotopic (exact) mass is 487 g/mol. The molecular weight excluding hydrogens is 438 g/mol. The van der Waals surface area contributed by atoms with Crippen LogP contribution >= 0.6 is 0 Å². The van der Waals surface area contributed by atoms with Gasteiger partial charge in [0, 0.05) is 24.0 Å². The van der Waals surface area contributed by atoms with Crippen LogP contribution in [0.25, 0.3) is 10.9 Å². The van der Waals surface area contributed by atoms with Crippen LogP contribution in [0.5, 0.6) is 0 Å². The van der Waals surface area contributed by atoms with Gasteiger partial charge in [-0.05, 0) is 130 Å². The largest absolute Gasteiger partial charge is 0.327 e. The van der Waals surface area contributed by atoms with Crippen molar-refractivity contribution in [2.24, 2.45) is 45.7 Å². The first kappa shape index (κ1) is 24.8. The van der Waals surface area contributed by atoms with E-state index in [4.69, 9.17) is 15.7 Å². The number of hydrogen-bond donors (Lipinski definition) is 1. The van der Waals surface area contributed by atoms with E-state index in [2.05, 4.69) is 32.0 Å². The molecule has 2 spiro atoms. The molecule has 1 heterocycles. The van der Waals surface area contributed by atoms with E-state index >= 15 is 0 Å². The van der Waals surface area contributed by atoms with E-state index in [1.165, 1.54) is 69.8 Å². The van der Waals surface area contributed by atoms with E-state index in [0.29, 0.717) is 16.9 Å². The standard InChI is InChI=1S/C31H43N3.C2H6/c1-20-9-10-22-19-33-28(34-25(22)18-20)8-5-7-23-11-12-26-29(23,21(2)32)16-14-27-30-15-4-3-6-24(30)13-17-31(26,27)30;1-2/h9-10,18-19,21,23-24,26-27H,3-8,11-17,32H2,1-2H3;1-2H3.